The highest BCUT2D eigenvalue weighted by atomic mass is 15.3. The second kappa shape index (κ2) is 4.65. The number of nitrogens with two attached hydrogens (primary N) is 1. The van der Waals surface area contributed by atoms with Gasteiger partial charge in [-0.15, -0.1) is 0 Å². The molecule has 0 aromatic carbocycles. The van der Waals surface area contributed by atoms with Gasteiger partial charge in [-0.3, -0.25) is 5.43 Å². The van der Waals surface area contributed by atoms with Crippen molar-refractivity contribution in [2.24, 2.45) is 11.8 Å². The van der Waals surface area contributed by atoms with Crippen molar-refractivity contribution in [2.75, 3.05) is 23.4 Å². The molecular weight excluding hydrogens is 202 g/mol. The summed E-state index contributed by atoms with van der Waals surface area (Å²) in [7, 11) is 0. The quantitative estimate of drug-likeness (QED) is 0.579. The fourth-order valence-electron chi connectivity index (χ4n) is 1.80. The van der Waals surface area contributed by atoms with Gasteiger partial charge in [0.15, 0.2) is 0 Å². The fourth-order valence-corrected chi connectivity index (χ4v) is 1.80. The first kappa shape index (κ1) is 11.1. The van der Waals surface area contributed by atoms with Gasteiger partial charge in [-0.1, -0.05) is 0 Å². The van der Waals surface area contributed by atoms with Crippen molar-refractivity contribution in [2.45, 2.75) is 26.7 Å². The van der Waals surface area contributed by atoms with Gasteiger partial charge in [-0.2, -0.15) is 4.98 Å². The number of nitrogen functional groups attached to an aromatic ring is 1. The summed E-state index contributed by atoms with van der Waals surface area (Å²) < 4.78 is 0. The fraction of sp³-hybridized carbons (Fsp3) is 0.636. The largest absolute Gasteiger partial charge is 0.356 e. The molecule has 1 aromatic heterocycles. The minimum atomic E-state index is 0.481. The van der Waals surface area contributed by atoms with Crippen molar-refractivity contribution in [3.63, 3.8) is 0 Å². The van der Waals surface area contributed by atoms with Gasteiger partial charge in [0.25, 0.3) is 0 Å². The van der Waals surface area contributed by atoms with Crippen LogP contribution in [0.25, 0.3) is 0 Å². The van der Waals surface area contributed by atoms with E-state index in [1.54, 1.807) is 0 Å². The number of hydrogen-bond donors (Lipinski definition) is 2. The highest BCUT2D eigenvalue weighted by molar-refractivity contribution is 5.48. The molecule has 1 aromatic rings. The Bertz CT molecular complexity index is 361. The smallest absolute Gasteiger partial charge is 0.239 e. The second-order valence-electron chi connectivity index (χ2n) is 4.33. The van der Waals surface area contributed by atoms with Crippen LogP contribution < -0.4 is 16.2 Å². The van der Waals surface area contributed by atoms with Crippen LogP contribution in [0.3, 0.4) is 0 Å². The zero-order chi connectivity index (χ0) is 11.5. The Kier molecular flexibility index (Phi) is 3.24. The predicted molar refractivity (Wildman–Crippen MR) is 65.2 cm³/mol. The third-order valence-corrected chi connectivity index (χ3v) is 2.93. The molecular formula is C11H19N5. The van der Waals surface area contributed by atoms with E-state index in [9.17, 15) is 0 Å². The van der Waals surface area contributed by atoms with E-state index in [2.05, 4.69) is 27.2 Å². The number of nitrogens with one attached hydrogen (secondary N) is 1. The standard InChI is InChI=1S/C11H19N5/c1-3-16(7-9-4-5-9)10-8(2)6-13-11(14-10)15-12/h6,9H,3-5,7,12H2,1-2H3,(H,13,14,15). The first-order valence-electron chi connectivity index (χ1n) is 5.79. The van der Waals surface area contributed by atoms with Gasteiger partial charge in [-0.25, -0.2) is 10.8 Å². The second-order valence-corrected chi connectivity index (χ2v) is 4.33. The lowest BCUT2D eigenvalue weighted by molar-refractivity contribution is 0.728. The molecule has 3 N–H and O–H groups in total. The maximum Gasteiger partial charge on any atom is 0.239 e. The third-order valence-electron chi connectivity index (χ3n) is 2.93. The van der Waals surface area contributed by atoms with Crippen LogP contribution in [0, 0.1) is 12.8 Å². The molecule has 5 heteroatoms. The van der Waals surface area contributed by atoms with Crippen LogP contribution >= 0.6 is 0 Å². The van der Waals surface area contributed by atoms with Gasteiger partial charge in [0, 0.05) is 24.8 Å². The molecule has 0 radical (unpaired) electrons. The van der Waals surface area contributed by atoms with E-state index >= 15 is 0 Å². The average Bonchev–Trinajstić information content (AvgIpc) is 3.11. The molecule has 88 valence electrons. The van der Waals surface area contributed by atoms with Crippen molar-refractivity contribution in [3.05, 3.63) is 11.8 Å². The molecule has 0 aliphatic heterocycles. The van der Waals surface area contributed by atoms with Crippen LogP contribution in [0.15, 0.2) is 6.20 Å². The average molecular weight is 221 g/mol. The molecule has 0 spiro atoms. The SMILES string of the molecule is CCN(CC1CC1)c1nc(NN)ncc1C. The minimum Gasteiger partial charge on any atom is -0.356 e. The lowest BCUT2D eigenvalue weighted by Crippen LogP contribution is -2.27. The number of anilines is 2. The Balaban J connectivity index is 2.20. The summed E-state index contributed by atoms with van der Waals surface area (Å²) in [5.41, 5.74) is 3.59. The van der Waals surface area contributed by atoms with Gasteiger partial charge < -0.3 is 4.90 Å². The Hall–Kier alpha value is -1.36. The summed E-state index contributed by atoms with van der Waals surface area (Å²) in [4.78, 5) is 10.8. The van der Waals surface area contributed by atoms with Crippen molar-refractivity contribution in [3.8, 4) is 0 Å². The maximum atomic E-state index is 5.33. The molecule has 1 aliphatic rings. The van der Waals surface area contributed by atoms with Crippen LogP contribution in [-0.2, 0) is 0 Å². The van der Waals surface area contributed by atoms with Gasteiger partial charge in [0.1, 0.15) is 5.82 Å². The number of aryl methyl sites for hydroxylation is 1. The molecule has 5 nitrogen and oxygen atoms in total. The first-order chi connectivity index (χ1) is 7.74. The molecule has 1 heterocycles. The van der Waals surface area contributed by atoms with E-state index in [1.807, 2.05) is 13.1 Å². The minimum absolute atomic E-state index is 0.481. The topological polar surface area (TPSA) is 67.1 Å². The summed E-state index contributed by atoms with van der Waals surface area (Å²) in [6.45, 7) is 6.25. The molecule has 2 rings (SSSR count). The summed E-state index contributed by atoms with van der Waals surface area (Å²) >= 11 is 0. The Labute approximate surface area is 96.0 Å². The van der Waals surface area contributed by atoms with E-state index in [-0.39, 0.29) is 0 Å². The van der Waals surface area contributed by atoms with Crippen LogP contribution in [0.1, 0.15) is 25.3 Å². The number of hydrazine groups is 1. The lowest BCUT2D eigenvalue weighted by Gasteiger charge is -2.23. The van der Waals surface area contributed by atoms with Gasteiger partial charge in [0.2, 0.25) is 5.95 Å². The molecule has 1 aliphatic carbocycles. The summed E-state index contributed by atoms with van der Waals surface area (Å²) in [5, 5.41) is 0. The third kappa shape index (κ3) is 2.41. The van der Waals surface area contributed by atoms with E-state index in [4.69, 9.17) is 5.84 Å². The van der Waals surface area contributed by atoms with Crippen LogP contribution in [0.2, 0.25) is 0 Å². The molecule has 1 saturated carbocycles. The molecule has 0 amide bonds. The maximum absolute atomic E-state index is 5.33. The number of hydrogen-bond acceptors (Lipinski definition) is 5. The number of rotatable bonds is 5. The van der Waals surface area contributed by atoms with E-state index in [0.717, 1.165) is 30.4 Å². The highest BCUT2D eigenvalue weighted by Crippen LogP contribution is 2.31. The van der Waals surface area contributed by atoms with Gasteiger partial charge in [-0.05, 0) is 32.6 Å². The zero-order valence-electron chi connectivity index (χ0n) is 9.90. The molecule has 16 heavy (non-hydrogen) atoms. The molecule has 0 saturated heterocycles. The van der Waals surface area contributed by atoms with Crippen LogP contribution in [-0.4, -0.2) is 23.1 Å². The normalized spacial score (nSPS) is 14.9. The number of nitrogens with zero attached hydrogens (tertiary/aromatic N) is 3. The first-order valence-corrected chi connectivity index (χ1v) is 5.79. The Morgan fingerprint density at radius 1 is 1.56 bits per heavy atom. The lowest BCUT2D eigenvalue weighted by atomic mass is 10.3. The molecule has 0 unspecified atom stereocenters. The van der Waals surface area contributed by atoms with Crippen molar-refractivity contribution >= 4 is 11.8 Å². The molecule has 0 bridgehead atoms. The summed E-state index contributed by atoms with van der Waals surface area (Å²) in [6.07, 6.45) is 4.51. The van der Waals surface area contributed by atoms with E-state index in [1.165, 1.54) is 12.8 Å². The monoisotopic (exact) mass is 221 g/mol. The van der Waals surface area contributed by atoms with Crippen LogP contribution in [0.5, 0.6) is 0 Å². The molecule has 1 fully saturated rings. The predicted octanol–water partition coefficient (Wildman–Crippen LogP) is 1.31. The van der Waals surface area contributed by atoms with Crippen molar-refractivity contribution < 1.29 is 0 Å². The van der Waals surface area contributed by atoms with Crippen LogP contribution in [0.4, 0.5) is 11.8 Å². The molecule has 0 atom stereocenters. The van der Waals surface area contributed by atoms with E-state index < -0.39 is 0 Å². The van der Waals surface area contributed by atoms with Crippen molar-refractivity contribution in [1.29, 1.82) is 0 Å². The number of aromatic nitrogens is 2. The van der Waals surface area contributed by atoms with E-state index in [0.29, 0.717) is 5.95 Å². The summed E-state index contributed by atoms with van der Waals surface area (Å²) in [6, 6.07) is 0. The van der Waals surface area contributed by atoms with Gasteiger partial charge in [0.05, 0.1) is 0 Å². The van der Waals surface area contributed by atoms with Gasteiger partial charge >= 0.3 is 0 Å². The Morgan fingerprint density at radius 3 is 2.88 bits per heavy atom. The van der Waals surface area contributed by atoms with Crippen molar-refractivity contribution in [1.82, 2.24) is 9.97 Å². The zero-order valence-corrected chi connectivity index (χ0v) is 9.90. The summed E-state index contributed by atoms with van der Waals surface area (Å²) in [5.74, 6) is 7.66. The Morgan fingerprint density at radius 2 is 2.31 bits per heavy atom. The highest BCUT2D eigenvalue weighted by Gasteiger charge is 2.25.